The zero-order valence-electron chi connectivity index (χ0n) is 12.8. The molecule has 0 atom stereocenters. The molecule has 0 aromatic rings. The third-order valence-corrected chi connectivity index (χ3v) is 3.27. The van der Waals surface area contributed by atoms with Crippen molar-refractivity contribution in [1.29, 1.82) is 0 Å². The molecule has 0 radical (unpaired) electrons. The molecular formula is C18H32O. The average molecular weight is 264 g/mol. The number of hydrogen-bond donors (Lipinski definition) is 0. The van der Waals surface area contributed by atoms with Crippen LogP contribution in [0.15, 0.2) is 24.3 Å². The Labute approximate surface area is 120 Å². The van der Waals surface area contributed by atoms with Gasteiger partial charge in [0.2, 0.25) is 0 Å². The number of carbonyl (C=O) groups is 1. The third kappa shape index (κ3) is 17.1. The summed E-state index contributed by atoms with van der Waals surface area (Å²) in [4.78, 5) is 10.1. The fraction of sp³-hybridized carbons (Fsp3) is 0.722. The highest BCUT2D eigenvalue weighted by molar-refractivity contribution is 5.48. The van der Waals surface area contributed by atoms with E-state index in [0.29, 0.717) is 0 Å². The van der Waals surface area contributed by atoms with E-state index in [9.17, 15) is 4.79 Å². The summed E-state index contributed by atoms with van der Waals surface area (Å²) in [5.41, 5.74) is 0. The number of rotatable bonds is 14. The van der Waals surface area contributed by atoms with Crippen molar-refractivity contribution in [2.24, 2.45) is 0 Å². The lowest BCUT2D eigenvalue weighted by molar-refractivity contribution is -0.107. The molecule has 0 rings (SSSR count). The first-order valence-electron chi connectivity index (χ1n) is 8.15. The van der Waals surface area contributed by atoms with Gasteiger partial charge in [-0.1, -0.05) is 63.3 Å². The molecule has 0 heterocycles. The molecule has 19 heavy (non-hydrogen) atoms. The average Bonchev–Trinajstić information content (AvgIpc) is 2.43. The van der Waals surface area contributed by atoms with Gasteiger partial charge in [-0.25, -0.2) is 0 Å². The summed E-state index contributed by atoms with van der Waals surface area (Å²) < 4.78 is 0. The summed E-state index contributed by atoms with van der Waals surface area (Å²) in [5.74, 6) is 0. The van der Waals surface area contributed by atoms with Crippen molar-refractivity contribution < 1.29 is 4.79 Å². The largest absolute Gasteiger partial charge is 0.303 e. The molecule has 0 unspecified atom stereocenters. The van der Waals surface area contributed by atoms with Crippen molar-refractivity contribution in [2.45, 2.75) is 84.0 Å². The zero-order chi connectivity index (χ0) is 14.0. The van der Waals surface area contributed by atoms with Crippen LogP contribution in [0.2, 0.25) is 0 Å². The van der Waals surface area contributed by atoms with Crippen molar-refractivity contribution in [1.82, 2.24) is 0 Å². The highest BCUT2D eigenvalue weighted by Crippen LogP contribution is 2.07. The smallest absolute Gasteiger partial charge is 0.119 e. The summed E-state index contributed by atoms with van der Waals surface area (Å²) in [6.07, 6.45) is 24.6. The zero-order valence-corrected chi connectivity index (χ0v) is 12.8. The standard InChI is InChI=1S/C18H32O/c1-2-3-4-5-6-7-8-9-10-11-12-13-14-15-16-17-18-19/h6-7,9-10,18H,2-5,8,11-17H2,1H3. The molecule has 0 aromatic carbocycles. The SMILES string of the molecule is CCCCCC=CCC=CCCCCCCCC=O. The van der Waals surface area contributed by atoms with Gasteiger partial charge in [0.25, 0.3) is 0 Å². The lowest BCUT2D eigenvalue weighted by Gasteiger charge is -1.97. The molecule has 0 aromatic heterocycles. The van der Waals surface area contributed by atoms with Gasteiger partial charge in [-0.3, -0.25) is 0 Å². The Bertz CT molecular complexity index is 228. The summed E-state index contributed by atoms with van der Waals surface area (Å²) >= 11 is 0. The quantitative estimate of drug-likeness (QED) is 0.214. The van der Waals surface area contributed by atoms with Crippen molar-refractivity contribution in [2.75, 3.05) is 0 Å². The Morgan fingerprint density at radius 2 is 1.16 bits per heavy atom. The molecular weight excluding hydrogens is 232 g/mol. The molecule has 0 N–H and O–H groups in total. The van der Waals surface area contributed by atoms with E-state index in [1.54, 1.807) is 0 Å². The maximum atomic E-state index is 10.1. The van der Waals surface area contributed by atoms with Crippen molar-refractivity contribution in [3.05, 3.63) is 24.3 Å². The molecule has 0 amide bonds. The van der Waals surface area contributed by atoms with Gasteiger partial charge in [-0.05, 0) is 38.5 Å². The van der Waals surface area contributed by atoms with Gasteiger partial charge in [-0.2, -0.15) is 0 Å². The van der Waals surface area contributed by atoms with E-state index in [2.05, 4.69) is 31.2 Å². The molecule has 0 aliphatic carbocycles. The Balaban J connectivity index is 3.14. The monoisotopic (exact) mass is 264 g/mol. The van der Waals surface area contributed by atoms with Crippen molar-refractivity contribution >= 4 is 6.29 Å². The van der Waals surface area contributed by atoms with Crippen LogP contribution in [0.25, 0.3) is 0 Å². The number of hydrogen-bond acceptors (Lipinski definition) is 1. The molecule has 0 saturated heterocycles. The van der Waals surface area contributed by atoms with Crippen LogP contribution in [0.5, 0.6) is 0 Å². The van der Waals surface area contributed by atoms with Crippen LogP contribution >= 0.6 is 0 Å². The van der Waals surface area contributed by atoms with Crippen molar-refractivity contribution in [3.8, 4) is 0 Å². The Morgan fingerprint density at radius 3 is 1.74 bits per heavy atom. The fourth-order valence-electron chi connectivity index (χ4n) is 2.04. The second-order valence-corrected chi connectivity index (χ2v) is 5.19. The molecule has 0 bridgehead atoms. The summed E-state index contributed by atoms with van der Waals surface area (Å²) in [7, 11) is 0. The van der Waals surface area contributed by atoms with Gasteiger partial charge in [0.1, 0.15) is 6.29 Å². The number of carbonyl (C=O) groups excluding carboxylic acids is 1. The van der Waals surface area contributed by atoms with E-state index in [4.69, 9.17) is 0 Å². The summed E-state index contributed by atoms with van der Waals surface area (Å²) in [6.45, 7) is 2.24. The molecule has 0 saturated carbocycles. The van der Waals surface area contributed by atoms with Gasteiger partial charge in [-0.15, -0.1) is 0 Å². The Morgan fingerprint density at radius 1 is 0.632 bits per heavy atom. The molecule has 1 nitrogen and oxygen atoms in total. The van der Waals surface area contributed by atoms with E-state index in [1.165, 1.54) is 57.8 Å². The second-order valence-electron chi connectivity index (χ2n) is 5.19. The highest BCUT2D eigenvalue weighted by Gasteiger charge is 1.89. The highest BCUT2D eigenvalue weighted by atomic mass is 16.1. The van der Waals surface area contributed by atoms with E-state index in [0.717, 1.165) is 25.5 Å². The predicted octanol–water partition coefficient (Wildman–Crippen LogP) is 6.00. The van der Waals surface area contributed by atoms with Crippen LogP contribution < -0.4 is 0 Å². The van der Waals surface area contributed by atoms with Crippen LogP contribution in [0.4, 0.5) is 0 Å². The van der Waals surface area contributed by atoms with E-state index >= 15 is 0 Å². The molecule has 1 heteroatoms. The Kier molecular flexibility index (Phi) is 16.4. The van der Waals surface area contributed by atoms with Gasteiger partial charge < -0.3 is 4.79 Å². The topological polar surface area (TPSA) is 17.1 Å². The molecule has 0 fully saturated rings. The molecule has 0 aliphatic rings. The minimum atomic E-state index is 0.741. The summed E-state index contributed by atoms with van der Waals surface area (Å²) in [5, 5.41) is 0. The van der Waals surface area contributed by atoms with Crippen molar-refractivity contribution in [3.63, 3.8) is 0 Å². The van der Waals surface area contributed by atoms with E-state index in [-0.39, 0.29) is 0 Å². The predicted molar refractivity (Wildman–Crippen MR) is 85.4 cm³/mol. The normalized spacial score (nSPS) is 11.6. The molecule has 110 valence electrons. The fourth-order valence-corrected chi connectivity index (χ4v) is 2.04. The number of unbranched alkanes of at least 4 members (excludes halogenated alkanes) is 9. The molecule has 0 spiro atoms. The lowest BCUT2D eigenvalue weighted by atomic mass is 10.1. The van der Waals surface area contributed by atoms with E-state index in [1.807, 2.05) is 0 Å². The first kappa shape index (κ1) is 18.1. The third-order valence-electron chi connectivity index (χ3n) is 3.27. The minimum Gasteiger partial charge on any atom is -0.303 e. The first-order valence-corrected chi connectivity index (χ1v) is 8.15. The van der Waals surface area contributed by atoms with E-state index < -0.39 is 0 Å². The van der Waals surface area contributed by atoms with Gasteiger partial charge in [0.05, 0.1) is 0 Å². The second kappa shape index (κ2) is 17.2. The number of allylic oxidation sites excluding steroid dienone is 4. The Hall–Kier alpha value is -0.850. The van der Waals surface area contributed by atoms with Gasteiger partial charge in [0, 0.05) is 6.42 Å². The van der Waals surface area contributed by atoms with Crippen LogP contribution in [0.1, 0.15) is 84.0 Å². The molecule has 0 aliphatic heterocycles. The summed E-state index contributed by atoms with van der Waals surface area (Å²) in [6, 6.07) is 0. The van der Waals surface area contributed by atoms with Gasteiger partial charge in [0.15, 0.2) is 0 Å². The van der Waals surface area contributed by atoms with Crippen LogP contribution in [-0.2, 0) is 4.79 Å². The van der Waals surface area contributed by atoms with Gasteiger partial charge >= 0.3 is 0 Å². The lowest BCUT2D eigenvalue weighted by Crippen LogP contribution is -1.80. The van der Waals surface area contributed by atoms with Crippen LogP contribution in [0.3, 0.4) is 0 Å². The van der Waals surface area contributed by atoms with Crippen LogP contribution in [-0.4, -0.2) is 6.29 Å². The maximum absolute atomic E-state index is 10.1. The van der Waals surface area contributed by atoms with Crippen LogP contribution in [0, 0.1) is 0 Å². The first-order chi connectivity index (χ1) is 9.41. The minimum absolute atomic E-state index is 0.741. The number of aldehydes is 1. The maximum Gasteiger partial charge on any atom is 0.119 e.